The molecule has 0 spiro atoms. The van der Waals surface area contributed by atoms with Crippen molar-refractivity contribution in [2.24, 2.45) is 0 Å². The van der Waals surface area contributed by atoms with Gasteiger partial charge in [0.05, 0.1) is 6.61 Å². The zero-order chi connectivity index (χ0) is 10.5. The summed E-state index contributed by atoms with van der Waals surface area (Å²) in [4.78, 5) is 10.9. The Labute approximate surface area is 80.1 Å². The summed E-state index contributed by atoms with van der Waals surface area (Å²) >= 11 is 0. The van der Waals surface area contributed by atoms with Crippen molar-refractivity contribution < 1.29 is 14.6 Å². The van der Waals surface area contributed by atoms with Gasteiger partial charge in [0, 0.05) is 0 Å². The van der Waals surface area contributed by atoms with Gasteiger partial charge in [-0.05, 0) is 6.92 Å². The summed E-state index contributed by atoms with van der Waals surface area (Å²) in [6.45, 7) is 8.08. The van der Waals surface area contributed by atoms with Crippen LogP contribution in [0.5, 0.6) is 0 Å². The average molecular weight is 200 g/mol. The number of rotatable bonds is 2. The van der Waals surface area contributed by atoms with Crippen molar-refractivity contribution in [3.05, 3.63) is 0 Å². The van der Waals surface area contributed by atoms with E-state index in [1.54, 1.807) is 6.92 Å². The van der Waals surface area contributed by atoms with Gasteiger partial charge in [0.15, 0.2) is 0 Å². The van der Waals surface area contributed by atoms with E-state index in [1.807, 2.05) is 19.6 Å². The lowest BCUT2D eigenvalue weighted by Gasteiger charge is -2.06. The molecule has 74 valence electrons. The van der Waals surface area contributed by atoms with E-state index < -0.39 is 20.1 Å². The van der Waals surface area contributed by atoms with E-state index in [0.717, 1.165) is 0 Å². The van der Waals surface area contributed by atoms with Crippen molar-refractivity contribution >= 4 is 14.0 Å². The molecule has 0 bridgehead atoms. The molecular weight excluding hydrogens is 184 g/mol. The number of aliphatic hydroxyl groups excluding tert-OH is 1. The molecule has 0 fully saturated rings. The zero-order valence-electron chi connectivity index (χ0n) is 8.55. The Morgan fingerprint density at radius 3 is 2.46 bits per heavy atom. The third kappa shape index (κ3) is 6.38. The number of aliphatic hydroxyl groups is 1. The molecule has 0 aliphatic carbocycles. The Bertz CT molecular complexity index is 231. The fourth-order valence-corrected chi connectivity index (χ4v) is 1.13. The second kappa shape index (κ2) is 5.05. The first-order valence-electron chi connectivity index (χ1n) is 4.24. The van der Waals surface area contributed by atoms with Crippen LogP contribution in [-0.4, -0.2) is 31.9 Å². The molecule has 0 unspecified atom stereocenters. The Balaban J connectivity index is 4.19. The Morgan fingerprint density at radius 1 is 1.54 bits per heavy atom. The fraction of sp³-hybridized carbons (Fsp3) is 0.667. The standard InChI is InChI=1S/C9H16O3Si/c1-5-12-9(11)8(10)6-7-13(2,3)4/h8,10H,5H2,1-4H3/t8-/m1/s1. The molecule has 0 rings (SSSR count). The van der Waals surface area contributed by atoms with Crippen molar-refractivity contribution in [2.45, 2.75) is 32.7 Å². The molecule has 0 radical (unpaired) electrons. The molecule has 1 atom stereocenters. The average Bonchev–Trinajstić information content (AvgIpc) is 1.99. The van der Waals surface area contributed by atoms with E-state index in [0.29, 0.717) is 0 Å². The molecule has 0 aromatic rings. The van der Waals surface area contributed by atoms with Crippen LogP contribution >= 0.6 is 0 Å². The smallest absolute Gasteiger partial charge is 0.347 e. The highest BCUT2D eigenvalue weighted by Crippen LogP contribution is 1.97. The lowest BCUT2D eigenvalue weighted by Crippen LogP contribution is -2.23. The predicted molar refractivity (Wildman–Crippen MR) is 53.8 cm³/mol. The van der Waals surface area contributed by atoms with Crippen LogP contribution in [-0.2, 0) is 9.53 Å². The summed E-state index contributed by atoms with van der Waals surface area (Å²) in [7, 11) is -1.52. The highest BCUT2D eigenvalue weighted by Gasteiger charge is 2.14. The maximum Gasteiger partial charge on any atom is 0.347 e. The maximum atomic E-state index is 10.9. The molecule has 0 amide bonds. The highest BCUT2D eigenvalue weighted by atomic mass is 28.3. The van der Waals surface area contributed by atoms with E-state index >= 15 is 0 Å². The molecule has 0 aromatic heterocycles. The SMILES string of the molecule is CCOC(=O)[C@H](O)C#C[Si](C)(C)C. The van der Waals surface area contributed by atoms with Crippen molar-refractivity contribution in [3.63, 3.8) is 0 Å². The predicted octanol–water partition coefficient (Wildman–Crippen LogP) is 0.791. The summed E-state index contributed by atoms with van der Waals surface area (Å²) in [5.74, 6) is 1.84. The van der Waals surface area contributed by atoms with Crippen LogP contribution in [0.4, 0.5) is 0 Å². The van der Waals surface area contributed by atoms with Crippen molar-refractivity contribution in [1.82, 2.24) is 0 Å². The topological polar surface area (TPSA) is 46.5 Å². The molecule has 0 aliphatic rings. The van der Waals surface area contributed by atoms with Crippen molar-refractivity contribution in [3.8, 4) is 11.5 Å². The Hall–Kier alpha value is -0.793. The minimum Gasteiger partial charge on any atom is -0.463 e. The van der Waals surface area contributed by atoms with Crippen LogP contribution < -0.4 is 0 Å². The molecule has 3 nitrogen and oxygen atoms in total. The second-order valence-electron chi connectivity index (χ2n) is 3.67. The monoisotopic (exact) mass is 200 g/mol. The molecule has 0 saturated heterocycles. The van der Waals surface area contributed by atoms with Gasteiger partial charge in [-0.15, -0.1) is 5.54 Å². The number of carbonyl (C=O) groups excluding carboxylic acids is 1. The summed E-state index contributed by atoms with van der Waals surface area (Å²) in [5.41, 5.74) is 2.90. The van der Waals surface area contributed by atoms with Crippen LogP contribution in [0.1, 0.15) is 6.92 Å². The first-order chi connectivity index (χ1) is 5.87. The normalized spacial score (nSPS) is 12.7. The van der Waals surface area contributed by atoms with Gasteiger partial charge < -0.3 is 9.84 Å². The summed E-state index contributed by atoms with van der Waals surface area (Å²) in [6, 6.07) is 0. The lowest BCUT2D eigenvalue weighted by atomic mass is 10.4. The van der Waals surface area contributed by atoms with Gasteiger partial charge >= 0.3 is 5.97 Å². The van der Waals surface area contributed by atoms with E-state index in [4.69, 9.17) is 0 Å². The molecule has 0 aromatic carbocycles. The second-order valence-corrected chi connectivity index (χ2v) is 8.42. The van der Waals surface area contributed by atoms with Crippen LogP contribution in [0, 0.1) is 11.5 Å². The number of carbonyl (C=O) groups is 1. The van der Waals surface area contributed by atoms with E-state index in [9.17, 15) is 9.90 Å². The van der Waals surface area contributed by atoms with Gasteiger partial charge in [-0.1, -0.05) is 25.6 Å². The lowest BCUT2D eigenvalue weighted by molar-refractivity contribution is -0.149. The summed E-state index contributed by atoms with van der Waals surface area (Å²) < 4.78 is 4.59. The minimum atomic E-state index is -1.52. The third-order valence-electron chi connectivity index (χ3n) is 1.09. The number of hydrogen-bond acceptors (Lipinski definition) is 3. The van der Waals surface area contributed by atoms with Gasteiger partial charge in [0.25, 0.3) is 0 Å². The van der Waals surface area contributed by atoms with Gasteiger partial charge in [0.1, 0.15) is 8.07 Å². The number of hydrogen-bond donors (Lipinski definition) is 1. The zero-order valence-corrected chi connectivity index (χ0v) is 9.55. The third-order valence-corrected chi connectivity index (χ3v) is 1.99. The van der Waals surface area contributed by atoms with Crippen LogP contribution in [0.3, 0.4) is 0 Å². The van der Waals surface area contributed by atoms with E-state index in [1.165, 1.54) is 0 Å². The van der Waals surface area contributed by atoms with E-state index in [-0.39, 0.29) is 6.61 Å². The fourth-order valence-electron chi connectivity index (χ4n) is 0.565. The molecule has 13 heavy (non-hydrogen) atoms. The van der Waals surface area contributed by atoms with Crippen LogP contribution in [0.2, 0.25) is 19.6 Å². The highest BCUT2D eigenvalue weighted by molar-refractivity contribution is 6.83. The van der Waals surface area contributed by atoms with Gasteiger partial charge in [0.2, 0.25) is 6.10 Å². The largest absolute Gasteiger partial charge is 0.463 e. The number of ether oxygens (including phenoxy) is 1. The molecule has 0 aliphatic heterocycles. The van der Waals surface area contributed by atoms with Crippen LogP contribution in [0.15, 0.2) is 0 Å². The number of esters is 1. The molecule has 0 saturated carbocycles. The Morgan fingerprint density at radius 2 is 2.08 bits per heavy atom. The van der Waals surface area contributed by atoms with E-state index in [2.05, 4.69) is 16.2 Å². The summed E-state index contributed by atoms with van der Waals surface area (Å²) in [6.07, 6.45) is -1.29. The molecule has 1 N–H and O–H groups in total. The first kappa shape index (κ1) is 12.2. The van der Waals surface area contributed by atoms with Crippen molar-refractivity contribution in [2.75, 3.05) is 6.61 Å². The van der Waals surface area contributed by atoms with Crippen LogP contribution in [0.25, 0.3) is 0 Å². The van der Waals surface area contributed by atoms with Crippen molar-refractivity contribution in [1.29, 1.82) is 0 Å². The molecule has 4 heteroatoms. The molecular formula is C9H16O3Si. The molecule has 0 heterocycles. The Kier molecular flexibility index (Phi) is 4.74. The minimum absolute atomic E-state index is 0.268. The quantitative estimate of drug-likeness (QED) is 0.407. The van der Waals surface area contributed by atoms with Gasteiger partial charge in [-0.25, -0.2) is 4.79 Å². The first-order valence-corrected chi connectivity index (χ1v) is 7.74. The van der Waals surface area contributed by atoms with Gasteiger partial charge in [-0.2, -0.15) is 0 Å². The van der Waals surface area contributed by atoms with Gasteiger partial charge in [-0.3, -0.25) is 0 Å². The maximum absolute atomic E-state index is 10.9. The summed E-state index contributed by atoms with van der Waals surface area (Å²) in [5, 5.41) is 9.19.